The summed E-state index contributed by atoms with van der Waals surface area (Å²) in [5.74, 6) is 0.997. The molecule has 3 rings (SSSR count). The lowest BCUT2D eigenvalue weighted by Crippen LogP contribution is -2.23. The summed E-state index contributed by atoms with van der Waals surface area (Å²) in [4.78, 5) is 4.39. The van der Waals surface area contributed by atoms with Crippen molar-refractivity contribution in [2.24, 2.45) is 0 Å². The Morgan fingerprint density at radius 3 is 2.57 bits per heavy atom. The molecule has 0 aliphatic rings. The Morgan fingerprint density at radius 2 is 1.90 bits per heavy atom. The first-order valence-electron chi connectivity index (χ1n) is 6.44. The van der Waals surface area contributed by atoms with Crippen LogP contribution < -0.4 is 4.74 Å². The number of nitrogens with zero attached hydrogens (tertiary/aromatic N) is 1. The van der Waals surface area contributed by atoms with Crippen LogP contribution in [0, 0.1) is 0 Å². The minimum atomic E-state index is -1.31. The van der Waals surface area contributed by atoms with E-state index in [1.54, 1.807) is 38.3 Å². The maximum absolute atomic E-state index is 10.8. The third-order valence-electron chi connectivity index (χ3n) is 3.42. The van der Waals surface area contributed by atoms with Crippen LogP contribution in [0.2, 0.25) is 0 Å². The summed E-state index contributed by atoms with van der Waals surface area (Å²) in [6.45, 7) is 1.66. The third-order valence-corrected chi connectivity index (χ3v) is 3.91. The standard InChI is InChI=1S/C16H14BrNO3/c1-16(19,10-3-6-12(20-2)7-4-10)15-18-13-9-11(17)5-8-14(13)21-15/h3-9,19H,1-2H3/t16-/m1/s1. The van der Waals surface area contributed by atoms with Crippen LogP contribution in [0.25, 0.3) is 11.1 Å². The van der Waals surface area contributed by atoms with Gasteiger partial charge >= 0.3 is 0 Å². The molecule has 0 amide bonds. The first kappa shape index (κ1) is 14.1. The average molecular weight is 348 g/mol. The number of aliphatic hydroxyl groups is 1. The SMILES string of the molecule is COc1ccc([C@@](C)(O)c2nc3cc(Br)ccc3o2)cc1. The van der Waals surface area contributed by atoms with E-state index < -0.39 is 5.60 Å². The fraction of sp³-hybridized carbons (Fsp3) is 0.188. The summed E-state index contributed by atoms with van der Waals surface area (Å²) >= 11 is 3.39. The number of aromatic nitrogens is 1. The third kappa shape index (κ3) is 2.54. The van der Waals surface area contributed by atoms with Gasteiger partial charge in [0.05, 0.1) is 7.11 Å². The quantitative estimate of drug-likeness (QED) is 0.781. The van der Waals surface area contributed by atoms with Crippen molar-refractivity contribution in [3.63, 3.8) is 0 Å². The van der Waals surface area contributed by atoms with Crippen LogP contribution in [0.1, 0.15) is 18.4 Å². The lowest BCUT2D eigenvalue weighted by Gasteiger charge is -2.20. The Morgan fingerprint density at radius 1 is 1.19 bits per heavy atom. The van der Waals surface area contributed by atoms with E-state index in [0.29, 0.717) is 16.7 Å². The van der Waals surface area contributed by atoms with Crippen molar-refractivity contribution in [1.29, 1.82) is 0 Å². The van der Waals surface area contributed by atoms with E-state index in [1.165, 1.54) is 0 Å². The van der Waals surface area contributed by atoms with Crippen LogP contribution in [0.4, 0.5) is 0 Å². The number of benzene rings is 2. The highest BCUT2D eigenvalue weighted by Gasteiger charge is 2.31. The molecule has 0 fully saturated rings. The summed E-state index contributed by atoms with van der Waals surface area (Å²) in [6.07, 6.45) is 0. The summed E-state index contributed by atoms with van der Waals surface area (Å²) in [5, 5.41) is 10.8. The van der Waals surface area contributed by atoms with Gasteiger partial charge in [0.15, 0.2) is 11.2 Å². The topological polar surface area (TPSA) is 55.5 Å². The molecule has 5 heteroatoms. The van der Waals surface area contributed by atoms with Gasteiger partial charge in [-0.15, -0.1) is 0 Å². The molecule has 1 aromatic heterocycles. The van der Waals surface area contributed by atoms with Crippen molar-refractivity contribution >= 4 is 27.0 Å². The number of halogens is 1. The number of ether oxygens (including phenoxy) is 1. The molecule has 0 spiro atoms. The second-order valence-corrected chi connectivity index (χ2v) is 5.85. The minimum Gasteiger partial charge on any atom is -0.497 e. The van der Waals surface area contributed by atoms with Crippen molar-refractivity contribution in [3.8, 4) is 5.75 Å². The lowest BCUT2D eigenvalue weighted by molar-refractivity contribution is 0.0726. The van der Waals surface area contributed by atoms with Crippen LogP contribution in [-0.2, 0) is 5.60 Å². The second kappa shape index (κ2) is 5.16. The molecule has 0 unspecified atom stereocenters. The molecule has 0 aliphatic carbocycles. The number of hydrogen-bond donors (Lipinski definition) is 1. The zero-order chi connectivity index (χ0) is 15.0. The highest BCUT2D eigenvalue weighted by molar-refractivity contribution is 9.10. The first-order chi connectivity index (χ1) is 10.0. The number of fused-ring (bicyclic) bond motifs is 1. The predicted molar refractivity (Wildman–Crippen MR) is 83.4 cm³/mol. The maximum atomic E-state index is 10.8. The van der Waals surface area contributed by atoms with Gasteiger partial charge < -0.3 is 14.3 Å². The monoisotopic (exact) mass is 347 g/mol. The van der Waals surface area contributed by atoms with E-state index in [4.69, 9.17) is 9.15 Å². The maximum Gasteiger partial charge on any atom is 0.231 e. The van der Waals surface area contributed by atoms with E-state index in [2.05, 4.69) is 20.9 Å². The number of oxazole rings is 1. The predicted octanol–water partition coefficient (Wildman–Crippen LogP) is 3.85. The largest absolute Gasteiger partial charge is 0.497 e. The van der Waals surface area contributed by atoms with Gasteiger partial charge in [0.2, 0.25) is 5.89 Å². The van der Waals surface area contributed by atoms with E-state index >= 15 is 0 Å². The highest BCUT2D eigenvalue weighted by atomic mass is 79.9. The molecular formula is C16H14BrNO3. The van der Waals surface area contributed by atoms with Crippen molar-refractivity contribution in [2.45, 2.75) is 12.5 Å². The van der Waals surface area contributed by atoms with E-state index in [-0.39, 0.29) is 5.89 Å². The first-order valence-corrected chi connectivity index (χ1v) is 7.23. The molecular weight excluding hydrogens is 334 g/mol. The Kier molecular flexibility index (Phi) is 3.47. The molecule has 0 aliphatic heterocycles. The Balaban J connectivity index is 2.05. The van der Waals surface area contributed by atoms with Crippen molar-refractivity contribution < 1.29 is 14.3 Å². The normalized spacial score (nSPS) is 14.1. The molecule has 0 saturated carbocycles. The van der Waals surface area contributed by atoms with Crippen LogP contribution in [-0.4, -0.2) is 17.2 Å². The van der Waals surface area contributed by atoms with Gasteiger partial charge in [-0.2, -0.15) is 0 Å². The van der Waals surface area contributed by atoms with Crippen molar-refractivity contribution in [2.75, 3.05) is 7.11 Å². The molecule has 2 aromatic carbocycles. The van der Waals surface area contributed by atoms with E-state index in [0.717, 1.165) is 10.2 Å². The molecule has 1 heterocycles. The van der Waals surface area contributed by atoms with Gasteiger partial charge in [-0.05, 0) is 42.8 Å². The molecule has 1 atom stereocenters. The Hall–Kier alpha value is -1.85. The fourth-order valence-electron chi connectivity index (χ4n) is 2.15. The van der Waals surface area contributed by atoms with Gasteiger partial charge in [-0.1, -0.05) is 28.1 Å². The number of rotatable bonds is 3. The molecule has 0 bridgehead atoms. The smallest absolute Gasteiger partial charge is 0.231 e. The minimum absolute atomic E-state index is 0.265. The zero-order valence-corrected chi connectivity index (χ0v) is 13.2. The molecule has 3 aromatic rings. The highest BCUT2D eigenvalue weighted by Crippen LogP contribution is 2.32. The fourth-order valence-corrected chi connectivity index (χ4v) is 2.50. The molecule has 0 saturated heterocycles. The van der Waals surface area contributed by atoms with Crippen LogP contribution in [0.5, 0.6) is 5.75 Å². The van der Waals surface area contributed by atoms with Crippen LogP contribution in [0.15, 0.2) is 51.4 Å². The average Bonchev–Trinajstić information content (AvgIpc) is 2.91. The summed E-state index contributed by atoms with van der Waals surface area (Å²) in [6, 6.07) is 12.7. The van der Waals surface area contributed by atoms with Crippen LogP contribution >= 0.6 is 15.9 Å². The zero-order valence-electron chi connectivity index (χ0n) is 11.6. The summed E-state index contributed by atoms with van der Waals surface area (Å²) in [5.41, 5.74) is 0.724. The van der Waals surface area contributed by atoms with Crippen LogP contribution in [0.3, 0.4) is 0 Å². The molecule has 1 N–H and O–H groups in total. The summed E-state index contributed by atoms with van der Waals surface area (Å²) in [7, 11) is 1.60. The lowest BCUT2D eigenvalue weighted by atomic mass is 9.96. The van der Waals surface area contributed by atoms with Gasteiger partial charge in [-0.3, -0.25) is 0 Å². The Labute approximate surface area is 130 Å². The molecule has 108 valence electrons. The van der Waals surface area contributed by atoms with Crippen molar-refractivity contribution in [1.82, 2.24) is 4.98 Å². The van der Waals surface area contributed by atoms with Gasteiger partial charge in [0, 0.05) is 4.47 Å². The number of methoxy groups -OCH3 is 1. The Bertz CT molecular complexity index is 778. The molecule has 4 nitrogen and oxygen atoms in total. The van der Waals surface area contributed by atoms with Crippen molar-refractivity contribution in [3.05, 3.63) is 58.4 Å². The number of hydrogen-bond acceptors (Lipinski definition) is 4. The van der Waals surface area contributed by atoms with Gasteiger partial charge in [-0.25, -0.2) is 4.98 Å². The van der Waals surface area contributed by atoms with Gasteiger partial charge in [0.1, 0.15) is 11.3 Å². The van der Waals surface area contributed by atoms with Gasteiger partial charge in [0.25, 0.3) is 0 Å². The van der Waals surface area contributed by atoms with E-state index in [9.17, 15) is 5.11 Å². The van der Waals surface area contributed by atoms with E-state index in [1.807, 2.05) is 18.2 Å². The molecule has 21 heavy (non-hydrogen) atoms. The summed E-state index contributed by atoms with van der Waals surface area (Å²) < 4.78 is 11.7. The second-order valence-electron chi connectivity index (χ2n) is 4.93. The molecule has 0 radical (unpaired) electrons.